The monoisotopic (exact) mass is 559 g/mol. The zero-order chi connectivity index (χ0) is 29.5. The number of primary amides is 1. The maximum atomic E-state index is 14.1. The van der Waals surface area contributed by atoms with Crippen molar-refractivity contribution < 1.29 is 39.2 Å². The lowest BCUT2D eigenvalue weighted by Gasteiger charge is -2.51. The van der Waals surface area contributed by atoms with Crippen LogP contribution in [0.2, 0.25) is 0 Å². The maximum Gasteiger partial charge on any atom is 0.255 e. The van der Waals surface area contributed by atoms with Crippen molar-refractivity contribution >= 4 is 28.4 Å². The number of nitrogens with two attached hydrogens (primary N) is 1. The van der Waals surface area contributed by atoms with E-state index < -0.39 is 75.5 Å². The Morgan fingerprint density at radius 1 is 1.12 bits per heavy atom. The molecule has 41 heavy (non-hydrogen) atoms. The van der Waals surface area contributed by atoms with Gasteiger partial charge in [-0.3, -0.25) is 24.3 Å². The Morgan fingerprint density at radius 3 is 2.44 bits per heavy atom. The number of amides is 1. The van der Waals surface area contributed by atoms with Gasteiger partial charge in [0.15, 0.2) is 17.1 Å². The standard InChI is InChI=1S/C30H26FN3O7/c1-34(2)23-17-11-16-18(12-5-7-14(31)8-6-12)15-10-13-4-3-9-33-22(13)25(36)19(15)24(35)20(16)27(38)30(17,41)28(39)21(26(23)37)29(32)40/h3-10,16-18,23,36-38,41H,11H2,1-2H3,(H2,32,40)/t16-,17+,18+,23+,30+/m1/s1. The van der Waals surface area contributed by atoms with Crippen LogP contribution in [0.15, 0.2) is 71.3 Å². The van der Waals surface area contributed by atoms with Gasteiger partial charge in [-0.25, -0.2) is 4.39 Å². The van der Waals surface area contributed by atoms with Crippen LogP contribution in [0.5, 0.6) is 5.75 Å². The van der Waals surface area contributed by atoms with Gasteiger partial charge in [-0.15, -0.1) is 0 Å². The number of carbonyl (C=O) groups excluding carboxylic acids is 3. The van der Waals surface area contributed by atoms with E-state index >= 15 is 0 Å². The summed E-state index contributed by atoms with van der Waals surface area (Å²) >= 11 is 0. The molecule has 0 aliphatic heterocycles. The largest absolute Gasteiger partial charge is 0.510 e. The molecule has 0 unspecified atom stereocenters. The number of phenolic OH excluding ortho intramolecular Hbond substituents is 1. The van der Waals surface area contributed by atoms with Crippen LogP contribution in [0.3, 0.4) is 0 Å². The van der Waals surface area contributed by atoms with Crippen molar-refractivity contribution in [2.24, 2.45) is 17.6 Å². The number of nitrogens with zero attached hydrogens (tertiary/aromatic N) is 2. The van der Waals surface area contributed by atoms with Crippen molar-refractivity contribution in [2.75, 3.05) is 14.1 Å². The third-order valence-corrected chi connectivity index (χ3v) is 8.66. The first-order valence-electron chi connectivity index (χ1n) is 12.9. The Bertz CT molecular complexity index is 1750. The van der Waals surface area contributed by atoms with E-state index in [0.717, 1.165) is 0 Å². The molecule has 0 radical (unpaired) electrons. The van der Waals surface area contributed by atoms with Gasteiger partial charge in [0.05, 0.1) is 11.6 Å². The van der Waals surface area contributed by atoms with Gasteiger partial charge in [0.25, 0.3) is 5.91 Å². The first kappa shape index (κ1) is 26.6. The van der Waals surface area contributed by atoms with Gasteiger partial charge < -0.3 is 26.2 Å². The number of aromatic hydroxyl groups is 1. The normalized spacial score (nSPS) is 27.6. The quantitative estimate of drug-likeness (QED) is 0.302. The smallest absolute Gasteiger partial charge is 0.255 e. The van der Waals surface area contributed by atoms with Crippen LogP contribution >= 0.6 is 0 Å². The summed E-state index contributed by atoms with van der Waals surface area (Å²) in [5.41, 5.74) is 2.33. The van der Waals surface area contributed by atoms with Crippen LogP contribution in [0, 0.1) is 17.7 Å². The minimum absolute atomic E-state index is 0.111. The highest BCUT2D eigenvalue weighted by atomic mass is 19.1. The van der Waals surface area contributed by atoms with E-state index in [0.29, 0.717) is 16.5 Å². The Morgan fingerprint density at radius 2 is 1.80 bits per heavy atom. The summed E-state index contributed by atoms with van der Waals surface area (Å²) in [4.78, 5) is 45.6. The van der Waals surface area contributed by atoms with Gasteiger partial charge in [-0.05, 0) is 55.9 Å². The summed E-state index contributed by atoms with van der Waals surface area (Å²) in [6.07, 6.45) is 1.33. The molecule has 0 saturated heterocycles. The van der Waals surface area contributed by atoms with Crippen LogP contribution in [0.4, 0.5) is 4.39 Å². The molecule has 210 valence electrons. The number of aliphatic hydroxyl groups excluding tert-OH is 2. The van der Waals surface area contributed by atoms with E-state index in [1.807, 2.05) is 0 Å². The Labute approximate surface area is 232 Å². The fourth-order valence-corrected chi connectivity index (χ4v) is 6.96. The summed E-state index contributed by atoms with van der Waals surface area (Å²) in [5, 5.41) is 46.4. The van der Waals surface area contributed by atoms with E-state index in [2.05, 4.69) is 4.98 Å². The highest BCUT2D eigenvalue weighted by molar-refractivity contribution is 6.25. The van der Waals surface area contributed by atoms with Crippen LogP contribution in [-0.4, -0.2) is 73.5 Å². The predicted octanol–water partition coefficient (Wildman–Crippen LogP) is 2.40. The highest BCUT2D eigenvalue weighted by Gasteiger charge is 2.64. The van der Waals surface area contributed by atoms with Gasteiger partial charge in [0, 0.05) is 34.9 Å². The second-order valence-electron chi connectivity index (χ2n) is 11.0. The summed E-state index contributed by atoms with van der Waals surface area (Å²) < 4.78 is 14.0. The number of carbonyl (C=O) groups is 3. The number of hydrogen-bond acceptors (Lipinski definition) is 9. The zero-order valence-electron chi connectivity index (χ0n) is 22.0. The topological polar surface area (TPSA) is 174 Å². The molecule has 0 fully saturated rings. The number of hydrogen-bond donors (Lipinski definition) is 5. The molecule has 0 spiro atoms. The SMILES string of the molecule is CN(C)[C@@H]1C(O)=C(C(N)=O)C(=O)[C@@]2(O)C(O)=C3C(=O)c4c(cc5cccnc5c4O)[C@H](c4ccc(F)cc4)[C@H]3C[C@@H]12. The van der Waals surface area contributed by atoms with Crippen molar-refractivity contribution in [3.05, 3.63) is 93.8 Å². The molecule has 3 aliphatic rings. The van der Waals surface area contributed by atoms with Crippen molar-refractivity contribution in [1.82, 2.24) is 9.88 Å². The second-order valence-corrected chi connectivity index (χ2v) is 11.0. The number of phenols is 1. The number of pyridine rings is 1. The molecule has 2 aromatic carbocycles. The van der Waals surface area contributed by atoms with E-state index in [9.17, 15) is 39.2 Å². The molecule has 11 heteroatoms. The molecule has 6 rings (SSSR count). The van der Waals surface area contributed by atoms with Gasteiger partial charge >= 0.3 is 0 Å². The second kappa shape index (κ2) is 8.95. The van der Waals surface area contributed by atoms with Crippen molar-refractivity contribution in [3.63, 3.8) is 0 Å². The van der Waals surface area contributed by atoms with Crippen molar-refractivity contribution in [2.45, 2.75) is 24.0 Å². The fraction of sp³-hybridized carbons (Fsp3) is 0.267. The maximum absolute atomic E-state index is 14.1. The molecular weight excluding hydrogens is 533 g/mol. The first-order chi connectivity index (χ1) is 19.4. The summed E-state index contributed by atoms with van der Waals surface area (Å²) in [5.74, 6) is -8.86. The minimum atomic E-state index is -2.78. The summed E-state index contributed by atoms with van der Waals surface area (Å²) in [7, 11) is 3.11. The Hall–Kier alpha value is -4.61. The van der Waals surface area contributed by atoms with Crippen LogP contribution in [-0.2, 0) is 9.59 Å². The minimum Gasteiger partial charge on any atom is -0.510 e. The number of halogens is 1. The van der Waals surface area contributed by atoms with E-state index in [1.165, 1.54) is 35.4 Å². The molecule has 0 saturated carbocycles. The molecule has 6 N–H and O–H groups in total. The van der Waals surface area contributed by atoms with Crippen molar-refractivity contribution in [3.8, 4) is 5.75 Å². The van der Waals surface area contributed by atoms with Crippen LogP contribution in [0.25, 0.3) is 10.9 Å². The van der Waals surface area contributed by atoms with Crippen LogP contribution in [0.1, 0.15) is 33.8 Å². The molecule has 1 heterocycles. The molecule has 5 atom stereocenters. The van der Waals surface area contributed by atoms with E-state index in [1.54, 1.807) is 32.3 Å². The molecule has 10 nitrogen and oxygen atoms in total. The molecule has 1 amide bonds. The third kappa shape index (κ3) is 3.49. The summed E-state index contributed by atoms with van der Waals surface area (Å²) in [6, 6.07) is 9.50. The Balaban J connectivity index is 1.69. The number of allylic oxidation sites excluding steroid dienone is 1. The van der Waals surface area contributed by atoms with Crippen LogP contribution < -0.4 is 5.73 Å². The Kier molecular flexibility index (Phi) is 5.81. The number of aliphatic hydroxyl groups is 3. The number of likely N-dealkylation sites (N-methyl/N-ethyl adjacent to an activating group) is 1. The zero-order valence-corrected chi connectivity index (χ0v) is 22.0. The van der Waals surface area contributed by atoms with E-state index in [-0.39, 0.29) is 23.1 Å². The van der Waals surface area contributed by atoms with Gasteiger partial charge in [0.1, 0.15) is 28.4 Å². The molecule has 3 aliphatic carbocycles. The van der Waals surface area contributed by atoms with Gasteiger partial charge in [0.2, 0.25) is 5.78 Å². The predicted molar refractivity (Wildman–Crippen MR) is 144 cm³/mol. The lowest BCUT2D eigenvalue weighted by molar-refractivity contribution is -0.148. The average molecular weight is 560 g/mol. The molecule has 1 aromatic heterocycles. The van der Waals surface area contributed by atoms with Gasteiger partial charge in [-0.1, -0.05) is 18.2 Å². The number of fused-ring (bicyclic) bond motifs is 4. The summed E-state index contributed by atoms with van der Waals surface area (Å²) in [6.45, 7) is 0. The van der Waals surface area contributed by atoms with E-state index in [4.69, 9.17) is 5.73 Å². The van der Waals surface area contributed by atoms with Gasteiger partial charge in [-0.2, -0.15) is 0 Å². The number of Topliss-reactive ketones (excluding diaryl/α,β-unsaturated/α-hetero) is 2. The molecule has 3 aromatic rings. The van der Waals surface area contributed by atoms with Crippen molar-refractivity contribution in [1.29, 1.82) is 0 Å². The number of rotatable bonds is 3. The fourth-order valence-electron chi connectivity index (χ4n) is 6.96. The first-order valence-corrected chi connectivity index (χ1v) is 12.9. The molecular formula is C30H26FN3O7. The number of benzene rings is 2. The molecule has 0 bridgehead atoms. The lowest BCUT2D eigenvalue weighted by Crippen LogP contribution is -2.64. The number of ketones is 2. The third-order valence-electron chi connectivity index (χ3n) is 8.66. The average Bonchev–Trinajstić information content (AvgIpc) is 2.91. The lowest BCUT2D eigenvalue weighted by atomic mass is 9.55. The number of aromatic nitrogens is 1. The highest BCUT2D eigenvalue weighted by Crippen LogP contribution is 2.57.